The lowest BCUT2D eigenvalue weighted by molar-refractivity contribution is -0.134. The summed E-state index contributed by atoms with van der Waals surface area (Å²) in [5, 5.41) is 10.4. The number of furan rings is 1. The summed E-state index contributed by atoms with van der Waals surface area (Å²) in [6.07, 6.45) is 6.79. The van der Waals surface area contributed by atoms with Crippen molar-refractivity contribution in [2.24, 2.45) is 0 Å². The van der Waals surface area contributed by atoms with Crippen LogP contribution < -0.4 is 5.56 Å². The summed E-state index contributed by atoms with van der Waals surface area (Å²) >= 11 is 0. The van der Waals surface area contributed by atoms with Gasteiger partial charge in [-0.2, -0.15) is 0 Å². The summed E-state index contributed by atoms with van der Waals surface area (Å²) in [6.45, 7) is 0.697. The highest BCUT2D eigenvalue weighted by Crippen LogP contribution is 2.26. The third-order valence-electron chi connectivity index (χ3n) is 4.77. The molecular weight excluding hydrogens is 320 g/mol. The van der Waals surface area contributed by atoms with Crippen LogP contribution in [0, 0.1) is 0 Å². The molecule has 2 unspecified atom stereocenters. The number of hydrogen-bond acceptors (Lipinski definition) is 4. The molecule has 2 atom stereocenters. The van der Waals surface area contributed by atoms with Crippen molar-refractivity contribution < 1.29 is 14.3 Å². The van der Waals surface area contributed by atoms with Gasteiger partial charge in [0, 0.05) is 31.3 Å². The summed E-state index contributed by atoms with van der Waals surface area (Å²) in [4.78, 5) is 26.5. The monoisotopic (exact) mass is 344 g/mol. The molecule has 6 heteroatoms. The molecule has 3 heterocycles. The number of rotatable bonds is 5. The first-order valence-electron chi connectivity index (χ1n) is 8.81. The molecule has 0 saturated carbocycles. The maximum Gasteiger partial charge on any atom is 0.250 e. The lowest BCUT2D eigenvalue weighted by Gasteiger charge is -2.31. The van der Waals surface area contributed by atoms with E-state index < -0.39 is 6.10 Å². The number of amides is 1. The predicted molar refractivity (Wildman–Crippen MR) is 93.0 cm³/mol. The van der Waals surface area contributed by atoms with Gasteiger partial charge in [0.1, 0.15) is 18.4 Å². The molecule has 6 nitrogen and oxygen atoms in total. The molecule has 0 aromatic carbocycles. The molecule has 1 N–H and O–H groups in total. The van der Waals surface area contributed by atoms with Gasteiger partial charge in [-0.15, -0.1) is 0 Å². The van der Waals surface area contributed by atoms with E-state index >= 15 is 0 Å². The third kappa shape index (κ3) is 4.39. The third-order valence-corrected chi connectivity index (χ3v) is 4.77. The Morgan fingerprint density at radius 3 is 2.88 bits per heavy atom. The topological polar surface area (TPSA) is 75.7 Å². The Morgan fingerprint density at radius 1 is 1.24 bits per heavy atom. The zero-order valence-electron chi connectivity index (χ0n) is 14.2. The molecule has 1 amide bonds. The fourth-order valence-corrected chi connectivity index (χ4v) is 3.43. The number of carbonyl (C=O) groups is 1. The number of pyridine rings is 1. The van der Waals surface area contributed by atoms with Crippen LogP contribution in [0.2, 0.25) is 0 Å². The molecule has 1 fully saturated rings. The van der Waals surface area contributed by atoms with Gasteiger partial charge in [0.2, 0.25) is 5.91 Å². The van der Waals surface area contributed by atoms with Crippen LogP contribution in [0.15, 0.2) is 52.0 Å². The van der Waals surface area contributed by atoms with Crippen LogP contribution >= 0.6 is 0 Å². The van der Waals surface area contributed by atoms with Gasteiger partial charge in [0.25, 0.3) is 5.56 Å². The quantitative estimate of drug-likeness (QED) is 0.903. The van der Waals surface area contributed by atoms with Crippen LogP contribution in [0.25, 0.3) is 0 Å². The summed E-state index contributed by atoms with van der Waals surface area (Å²) in [5.41, 5.74) is -0.183. The first-order valence-corrected chi connectivity index (χ1v) is 8.81. The largest absolute Gasteiger partial charge is 0.467 e. The number of carbonyl (C=O) groups excluding carboxylic acids is 1. The zero-order valence-corrected chi connectivity index (χ0v) is 14.2. The fourth-order valence-electron chi connectivity index (χ4n) is 3.43. The van der Waals surface area contributed by atoms with Gasteiger partial charge in [0.15, 0.2) is 0 Å². The molecule has 0 aliphatic carbocycles. The Balaban J connectivity index is 1.72. The Bertz CT molecular complexity index is 738. The van der Waals surface area contributed by atoms with E-state index in [0.29, 0.717) is 18.7 Å². The molecule has 2 aromatic rings. The average molecular weight is 344 g/mol. The Labute approximate surface area is 146 Å². The van der Waals surface area contributed by atoms with Crippen LogP contribution in [0.3, 0.4) is 0 Å². The highest BCUT2D eigenvalue weighted by molar-refractivity contribution is 5.76. The standard InChI is InChI=1S/C19H24N2O4/c22-16(17-8-6-12-25-17)13-15-7-2-1-4-11-21(15)19(24)14-20-10-5-3-9-18(20)23/h3,5-6,8-10,12,15-16,22H,1-2,4,7,11,13-14H2. The second-order valence-electron chi connectivity index (χ2n) is 6.52. The summed E-state index contributed by atoms with van der Waals surface area (Å²) in [6, 6.07) is 8.31. The number of aliphatic hydroxyl groups excluding tert-OH is 1. The SMILES string of the molecule is O=C(Cn1ccccc1=O)N1CCCCCC1CC(O)c1ccco1. The van der Waals surface area contributed by atoms with Crippen molar-refractivity contribution in [1.82, 2.24) is 9.47 Å². The molecule has 1 aliphatic rings. The number of likely N-dealkylation sites (tertiary alicyclic amines) is 1. The molecule has 3 rings (SSSR count). The predicted octanol–water partition coefficient (Wildman–Crippen LogP) is 2.34. The van der Waals surface area contributed by atoms with Gasteiger partial charge in [0.05, 0.1) is 6.26 Å². The van der Waals surface area contributed by atoms with Crippen LogP contribution in [0.5, 0.6) is 0 Å². The van der Waals surface area contributed by atoms with Gasteiger partial charge in [-0.3, -0.25) is 9.59 Å². The van der Waals surface area contributed by atoms with Crippen molar-refractivity contribution in [3.8, 4) is 0 Å². The van der Waals surface area contributed by atoms with E-state index in [1.165, 1.54) is 16.9 Å². The molecule has 0 spiro atoms. The van der Waals surface area contributed by atoms with Crippen molar-refractivity contribution in [2.45, 2.75) is 50.8 Å². The van der Waals surface area contributed by atoms with Crippen molar-refractivity contribution in [1.29, 1.82) is 0 Å². The van der Waals surface area contributed by atoms with Crippen LogP contribution in [0.1, 0.15) is 44.0 Å². The van der Waals surface area contributed by atoms with Crippen molar-refractivity contribution >= 4 is 5.91 Å². The lowest BCUT2D eigenvalue weighted by atomic mass is 10.0. The zero-order chi connectivity index (χ0) is 17.6. The first-order chi connectivity index (χ1) is 12.1. The smallest absolute Gasteiger partial charge is 0.250 e. The van der Waals surface area contributed by atoms with Gasteiger partial charge >= 0.3 is 0 Å². The minimum Gasteiger partial charge on any atom is -0.467 e. The lowest BCUT2D eigenvalue weighted by Crippen LogP contribution is -2.43. The first kappa shape index (κ1) is 17.5. The number of nitrogens with zero attached hydrogens (tertiary/aromatic N) is 2. The number of aliphatic hydroxyl groups is 1. The molecule has 134 valence electrons. The van der Waals surface area contributed by atoms with E-state index in [9.17, 15) is 14.7 Å². The Hall–Kier alpha value is -2.34. The second kappa shape index (κ2) is 8.16. The Morgan fingerprint density at radius 2 is 2.12 bits per heavy atom. The molecule has 0 radical (unpaired) electrons. The van der Waals surface area contributed by atoms with Crippen molar-refractivity contribution in [2.75, 3.05) is 6.54 Å². The molecule has 2 aromatic heterocycles. The summed E-state index contributed by atoms with van der Waals surface area (Å²) < 4.78 is 6.70. The Kier molecular flexibility index (Phi) is 5.71. The van der Waals surface area contributed by atoms with Gasteiger partial charge in [-0.25, -0.2) is 0 Å². The highest BCUT2D eigenvalue weighted by atomic mass is 16.4. The van der Waals surface area contributed by atoms with Gasteiger partial charge in [-0.05, 0) is 31.0 Å². The highest BCUT2D eigenvalue weighted by Gasteiger charge is 2.28. The summed E-state index contributed by atoms with van der Waals surface area (Å²) in [7, 11) is 0. The second-order valence-corrected chi connectivity index (χ2v) is 6.52. The minimum absolute atomic E-state index is 0.0347. The van der Waals surface area contributed by atoms with Crippen molar-refractivity contribution in [3.63, 3.8) is 0 Å². The number of hydrogen-bond donors (Lipinski definition) is 1. The van der Waals surface area contributed by atoms with E-state index in [4.69, 9.17) is 4.42 Å². The summed E-state index contributed by atoms with van der Waals surface area (Å²) in [5.74, 6) is 0.447. The van der Waals surface area contributed by atoms with E-state index in [0.717, 1.165) is 25.7 Å². The van der Waals surface area contributed by atoms with Crippen LogP contribution in [-0.2, 0) is 11.3 Å². The van der Waals surface area contributed by atoms with Crippen LogP contribution in [0.4, 0.5) is 0 Å². The normalized spacial score (nSPS) is 19.4. The fraction of sp³-hybridized carbons (Fsp3) is 0.474. The molecule has 1 aliphatic heterocycles. The molecule has 1 saturated heterocycles. The van der Waals surface area contributed by atoms with E-state index in [-0.39, 0.29) is 24.1 Å². The van der Waals surface area contributed by atoms with Gasteiger partial charge < -0.3 is 19.0 Å². The van der Waals surface area contributed by atoms with Gasteiger partial charge in [-0.1, -0.05) is 18.9 Å². The average Bonchev–Trinajstić information content (AvgIpc) is 3.04. The van der Waals surface area contributed by atoms with Crippen molar-refractivity contribution in [3.05, 3.63) is 58.9 Å². The molecular formula is C19H24N2O4. The van der Waals surface area contributed by atoms with Crippen LogP contribution in [-0.4, -0.2) is 33.1 Å². The number of aromatic nitrogens is 1. The maximum absolute atomic E-state index is 12.8. The van der Waals surface area contributed by atoms with E-state index in [2.05, 4.69) is 0 Å². The molecule has 0 bridgehead atoms. The van der Waals surface area contributed by atoms with E-state index in [1.807, 2.05) is 4.90 Å². The van der Waals surface area contributed by atoms with E-state index in [1.54, 1.807) is 30.5 Å². The molecule has 25 heavy (non-hydrogen) atoms. The maximum atomic E-state index is 12.8. The minimum atomic E-state index is -0.729.